The van der Waals surface area contributed by atoms with Crippen LogP contribution in [0.3, 0.4) is 0 Å². The minimum atomic E-state index is -1.00. The van der Waals surface area contributed by atoms with Gasteiger partial charge >= 0.3 is 0 Å². The molecule has 0 aliphatic carbocycles. The van der Waals surface area contributed by atoms with Gasteiger partial charge in [0.1, 0.15) is 17.8 Å². The Kier molecular flexibility index (Phi) is 22.4. The van der Waals surface area contributed by atoms with E-state index in [2.05, 4.69) is 38.7 Å². The minimum Gasteiger partial charge on any atom is -0.497 e. The molecule has 2 saturated heterocycles. The molecule has 3 aromatic rings. The van der Waals surface area contributed by atoms with Crippen LogP contribution in [0.5, 0.6) is 5.75 Å². The van der Waals surface area contributed by atoms with E-state index in [1.807, 2.05) is 58.3 Å². The maximum atomic E-state index is 14.6. The molecule has 0 radical (unpaired) electrons. The lowest BCUT2D eigenvalue weighted by molar-refractivity contribution is -0.142. The van der Waals surface area contributed by atoms with Crippen LogP contribution in [0, 0.1) is 0 Å². The molecule has 0 unspecified atom stereocenters. The van der Waals surface area contributed by atoms with E-state index in [0.29, 0.717) is 63.3 Å². The van der Waals surface area contributed by atoms with Crippen molar-refractivity contribution >= 4 is 29.5 Å². The Labute approximate surface area is 409 Å². The lowest BCUT2D eigenvalue weighted by atomic mass is 10.1. The third kappa shape index (κ3) is 16.3. The number of nitrogens with one attached hydrogen (secondary N) is 5. The number of carbonyl (C=O) groups is 5. The number of amides is 5. The average Bonchev–Trinajstić information content (AvgIpc) is 4.06. The van der Waals surface area contributed by atoms with Crippen molar-refractivity contribution < 1.29 is 38.2 Å². The first-order valence-electron chi connectivity index (χ1n) is 24.9. The van der Waals surface area contributed by atoms with Crippen LogP contribution in [0.2, 0.25) is 0 Å². The summed E-state index contributed by atoms with van der Waals surface area (Å²) >= 11 is 0. The van der Waals surface area contributed by atoms with E-state index in [0.717, 1.165) is 37.8 Å². The average molecular weight is 955 g/mol. The maximum Gasteiger partial charge on any atom is 0.253 e. The molecule has 2 heterocycles. The molecule has 3 aromatic carbocycles. The molecular formula is C53H78N8O8. The molecule has 16 nitrogen and oxygen atoms in total. The van der Waals surface area contributed by atoms with E-state index in [1.165, 1.54) is 5.56 Å². The van der Waals surface area contributed by atoms with Crippen LogP contribution in [0.1, 0.15) is 81.3 Å². The Bertz CT molecular complexity index is 2050. The minimum absolute atomic E-state index is 0.00000525. The topological polar surface area (TPSA) is 183 Å². The Morgan fingerprint density at radius 1 is 0.667 bits per heavy atom. The molecule has 378 valence electrons. The first-order valence-corrected chi connectivity index (χ1v) is 24.9. The number of ether oxygens (including phenoxy) is 3. The zero-order valence-electron chi connectivity index (χ0n) is 41.9. The van der Waals surface area contributed by atoms with Crippen LogP contribution in [-0.4, -0.2) is 166 Å². The number of hydrogen-bond acceptors (Lipinski definition) is 11. The predicted octanol–water partition coefficient (Wildman–Crippen LogP) is 3.58. The van der Waals surface area contributed by atoms with Crippen molar-refractivity contribution in [3.05, 3.63) is 102 Å². The summed E-state index contributed by atoms with van der Waals surface area (Å²) < 4.78 is 17.9. The number of rotatable bonds is 28. The van der Waals surface area contributed by atoms with Crippen molar-refractivity contribution in [1.29, 1.82) is 0 Å². The highest BCUT2D eigenvalue weighted by Crippen LogP contribution is 2.24. The summed E-state index contributed by atoms with van der Waals surface area (Å²) in [5.41, 5.74) is 2.88. The van der Waals surface area contributed by atoms with Gasteiger partial charge in [-0.1, -0.05) is 60.7 Å². The zero-order chi connectivity index (χ0) is 49.7. The van der Waals surface area contributed by atoms with Gasteiger partial charge in [-0.25, -0.2) is 0 Å². The summed E-state index contributed by atoms with van der Waals surface area (Å²) in [7, 11) is 4.96. The molecule has 2 aliphatic heterocycles. The van der Waals surface area contributed by atoms with E-state index in [1.54, 1.807) is 78.1 Å². The van der Waals surface area contributed by atoms with E-state index in [4.69, 9.17) is 14.2 Å². The van der Waals surface area contributed by atoms with Crippen molar-refractivity contribution in [3.8, 4) is 5.75 Å². The van der Waals surface area contributed by atoms with Gasteiger partial charge in [-0.2, -0.15) is 0 Å². The summed E-state index contributed by atoms with van der Waals surface area (Å²) in [5, 5.41) is 15.4. The number of benzene rings is 3. The van der Waals surface area contributed by atoms with Gasteiger partial charge in [0.2, 0.25) is 23.6 Å². The number of carbonyl (C=O) groups excluding carboxylic acids is 5. The zero-order valence-corrected chi connectivity index (χ0v) is 41.9. The van der Waals surface area contributed by atoms with Gasteiger partial charge in [0.15, 0.2) is 0 Å². The highest BCUT2D eigenvalue weighted by molar-refractivity contribution is 5.95. The molecule has 16 heteroatoms. The lowest BCUT2D eigenvalue weighted by Gasteiger charge is -2.35. The van der Waals surface area contributed by atoms with Gasteiger partial charge in [0, 0.05) is 63.6 Å². The summed E-state index contributed by atoms with van der Waals surface area (Å²) in [5.74, 6) is -0.566. The van der Waals surface area contributed by atoms with Gasteiger partial charge in [0.25, 0.3) is 5.91 Å². The second-order valence-electron chi connectivity index (χ2n) is 18.3. The molecule has 69 heavy (non-hydrogen) atoms. The van der Waals surface area contributed by atoms with Crippen LogP contribution in [0.15, 0.2) is 84.9 Å². The van der Waals surface area contributed by atoms with Gasteiger partial charge < -0.3 is 55.5 Å². The number of likely N-dealkylation sites (N-methyl/N-ethyl adjacent to an activating group) is 2. The smallest absolute Gasteiger partial charge is 0.253 e. The number of hydrogen-bond donors (Lipinski definition) is 5. The van der Waals surface area contributed by atoms with Gasteiger partial charge in [-0.05, 0) is 129 Å². The van der Waals surface area contributed by atoms with Gasteiger partial charge in [0.05, 0.1) is 31.4 Å². The van der Waals surface area contributed by atoms with Crippen LogP contribution in [0.25, 0.3) is 0 Å². The van der Waals surface area contributed by atoms with Crippen LogP contribution >= 0.6 is 0 Å². The molecule has 0 aromatic heterocycles. The molecule has 0 bridgehead atoms. The van der Waals surface area contributed by atoms with Crippen LogP contribution in [0.4, 0.5) is 0 Å². The third-order valence-corrected chi connectivity index (χ3v) is 13.5. The Morgan fingerprint density at radius 2 is 1.16 bits per heavy atom. The Morgan fingerprint density at radius 3 is 1.67 bits per heavy atom. The third-order valence-electron chi connectivity index (χ3n) is 13.5. The van der Waals surface area contributed by atoms with E-state index in [-0.39, 0.29) is 54.8 Å². The molecule has 5 amide bonds. The standard InChI is InChI=1S/C53H78N8O8/c1-37(54-5)49(62)57-47(52(65)60-30-14-21-44(60)35-56-29-27-41-17-10-8-11-18-41)39(3)68-33-16-34-69-40(4)48(58-50(63)38(2)55-6)53(66)61-31-15-22-45(61)36-59(32-28-42-19-12-9-13-20-42)51(64)43-23-25-46(67-7)26-24-43/h8-13,17-20,23-26,37-40,44-45,47-48,54-56H,14-16,21-22,27-36H2,1-7H3,(H,57,62)(H,58,63)/t37-,38-,39+,40+,44-,45-,47-,48-/m0/s1. The van der Waals surface area contributed by atoms with Gasteiger partial charge in [-0.3, -0.25) is 24.0 Å². The van der Waals surface area contributed by atoms with Gasteiger partial charge in [-0.15, -0.1) is 0 Å². The first kappa shape index (κ1) is 54.5. The molecule has 5 rings (SSSR count). The summed E-state index contributed by atoms with van der Waals surface area (Å²) in [6, 6.07) is 24.1. The highest BCUT2D eigenvalue weighted by atomic mass is 16.5. The molecule has 5 N–H and O–H groups in total. The second-order valence-corrected chi connectivity index (χ2v) is 18.3. The van der Waals surface area contributed by atoms with Crippen molar-refractivity contribution in [2.45, 2.75) is 121 Å². The summed E-state index contributed by atoms with van der Waals surface area (Å²) in [6.45, 7) is 10.8. The second kappa shape index (κ2) is 28.3. The number of methoxy groups -OCH3 is 1. The maximum absolute atomic E-state index is 14.6. The van der Waals surface area contributed by atoms with E-state index in [9.17, 15) is 24.0 Å². The first-order chi connectivity index (χ1) is 33.3. The van der Waals surface area contributed by atoms with Crippen molar-refractivity contribution in [1.82, 2.24) is 41.3 Å². The molecule has 2 aliphatic rings. The fraction of sp³-hybridized carbons (Fsp3) is 0.566. The largest absolute Gasteiger partial charge is 0.497 e. The van der Waals surface area contributed by atoms with Crippen LogP contribution < -0.4 is 31.3 Å². The van der Waals surface area contributed by atoms with Crippen molar-refractivity contribution in [2.24, 2.45) is 0 Å². The monoisotopic (exact) mass is 955 g/mol. The SMILES string of the molecule is CN[C@@H](C)C(=O)N[C@H](C(=O)N1CCC[C@H]1CNCCc1ccccc1)[C@@H](C)OCCCO[C@H](C)[C@H](NC(=O)[C@H](C)NC)C(=O)N1CCC[C@H]1CN(CCc1ccccc1)C(=O)c1ccc(OC)cc1. The lowest BCUT2D eigenvalue weighted by Crippen LogP contribution is -2.59. The fourth-order valence-electron chi connectivity index (χ4n) is 8.88. The molecule has 2 fully saturated rings. The summed E-state index contributed by atoms with van der Waals surface area (Å²) in [4.78, 5) is 75.0. The fourth-order valence-corrected chi connectivity index (χ4v) is 8.88. The normalized spacial score (nSPS) is 18.4. The van der Waals surface area contributed by atoms with Crippen molar-refractivity contribution in [2.75, 3.05) is 73.7 Å². The quantitative estimate of drug-likeness (QED) is 0.0672. The highest BCUT2D eigenvalue weighted by Gasteiger charge is 2.40. The van der Waals surface area contributed by atoms with Crippen molar-refractivity contribution in [3.63, 3.8) is 0 Å². The van der Waals surface area contributed by atoms with E-state index >= 15 is 0 Å². The molecular weight excluding hydrogens is 877 g/mol. The molecule has 8 atom stereocenters. The van der Waals surface area contributed by atoms with E-state index < -0.39 is 36.4 Å². The molecule has 0 spiro atoms. The number of likely N-dealkylation sites (tertiary alicyclic amines) is 2. The Hall–Kier alpha value is -5.39. The molecule has 0 saturated carbocycles. The van der Waals surface area contributed by atoms with Crippen LogP contribution in [-0.2, 0) is 41.5 Å². The predicted molar refractivity (Wildman–Crippen MR) is 268 cm³/mol. The Balaban J connectivity index is 1.20. The summed E-state index contributed by atoms with van der Waals surface area (Å²) in [6.07, 6.45) is 3.78. The number of nitrogens with zero attached hydrogens (tertiary/aromatic N) is 3.